The first kappa shape index (κ1) is 18.5. The van der Waals surface area contributed by atoms with Crippen LogP contribution in [0.4, 0.5) is 0 Å². The van der Waals surface area contributed by atoms with Crippen LogP contribution in [0.15, 0.2) is 60.4 Å². The highest BCUT2D eigenvalue weighted by Gasteiger charge is 2.15. The minimum atomic E-state index is -0.646. The van der Waals surface area contributed by atoms with Gasteiger partial charge in [0.2, 0.25) is 5.76 Å². The highest BCUT2D eigenvalue weighted by atomic mass is 16.6. The highest BCUT2D eigenvalue weighted by molar-refractivity contribution is 5.86. The maximum absolute atomic E-state index is 11.7. The van der Waals surface area contributed by atoms with Crippen molar-refractivity contribution in [2.75, 3.05) is 13.7 Å². The molecule has 25 heavy (non-hydrogen) atoms. The first-order valence-corrected chi connectivity index (χ1v) is 7.94. The number of aliphatic hydroxyl groups is 1. The molecule has 0 spiro atoms. The van der Waals surface area contributed by atoms with Crippen LogP contribution < -0.4 is 9.47 Å². The molecule has 0 aromatic heterocycles. The highest BCUT2D eigenvalue weighted by Crippen LogP contribution is 2.28. The van der Waals surface area contributed by atoms with E-state index in [1.165, 1.54) is 13.2 Å². The van der Waals surface area contributed by atoms with Crippen LogP contribution in [0.5, 0.6) is 11.5 Å². The zero-order valence-corrected chi connectivity index (χ0v) is 14.6. The smallest absolute Gasteiger partial charge is 0.373 e. The van der Waals surface area contributed by atoms with Crippen LogP contribution in [0, 0.1) is 6.92 Å². The van der Waals surface area contributed by atoms with E-state index in [1.54, 1.807) is 0 Å². The Bertz CT molecular complexity index is 737. The Labute approximate surface area is 147 Å². The van der Waals surface area contributed by atoms with Crippen LogP contribution in [-0.4, -0.2) is 24.8 Å². The molecule has 0 fully saturated rings. The summed E-state index contributed by atoms with van der Waals surface area (Å²) in [5.41, 5.74) is 1.75. The van der Waals surface area contributed by atoms with E-state index in [-0.39, 0.29) is 18.5 Å². The number of hydrogen-bond acceptors (Lipinski definition) is 5. The molecule has 5 heteroatoms. The maximum atomic E-state index is 11.7. The van der Waals surface area contributed by atoms with Gasteiger partial charge in [0, 0.05) is 0 Å². The molecule has 0 radical (unpaired) electrons. The van der Waals surface area contributed by atoms with Crippen LogP contribution in [-0.2, 0) is 9.53 Å². The topological polar surface area (TPSA) is 65.0 Å². The van der Waals surface area contributed by atoms with Crippen molar-refractivity contribution >= 4 is 5.97 Å². The normalized spacial score (nSPS) is 12.4. The summed E-state index contributed by atoms with van der Waals surface area (Å²) in [5, 5.41) is 9.05. The van der Waals surface area contributed by atoms with Crippen molar-refractivity contribution in [3.63, 3.8) is 0 Å². The zero-order chi connectivity index (χ0) is 18.2. The molecule has 0 aliphatic carbocycles. The van der Waals surface area contributed by atoms with Crippen LogP contribution in [0.2, 0.25) is 0 Å². The predicted molar refractivity (Wildman–Crippen MR) is 94.5 cm³/mol. The summed E-state index contributed by atoms with van der Waals surface area (Å²) >= 11 is 0. The molecule has 0 amide bonds. The minimum absolute atomic E-state index is 0.0538. The largest absolute Gasteiger partial charge is 0.486 e. The summed E-state index contributed by atoms with van der Waals surface area (Å²) in [4.78, 5) is 11.7. The third-order valence-electron chi connectivity index (χ3n) is 3.62. The molecule has 2 aromatic carbocycles. The molecule has 2 aromatic rings. The van der Waals surface area contributed by atoms with Crippen LogP contribution in [0.25, 0.3) is 0 Å². The number of ether oxygens (including phenoxy) is 3. The van der Waals surface area contributed by atoms with Crippen LogP contribution in [0.1, 0.15) is 24.2 Å². The Morgan fingerprint density at radius 2 is 1.92 bits per heavy atom. The summed E-state index contributed by atoms with van der Waals surface area (Å²) in [5.74, 6) is 0.578. The molecule has 1 atom stereocenters. The number of aliphatic hydroxyl groups excluding tert-OH is 1. The summed E-state index contributed by atoms with van der Waals surface area (Å²) in [7, 11) is 1.26. The average molecular weight is 342 g/mol. The van der Waals surface area contributed by atoms with E-state index in [4.69, 9.17) is 14.6 Å². The van der Waals surface area contributed by atoms with Crippen molar-refractivity contribution in [1.82, 2.24) is 0 Å². The van der Waals surface area contributed by atoms with Gasteiger partial charge in [-0.1, -0.05) is 30.3 Å². The Kier molecular flexibility index (Phi) is 6.60. The fourth-order valence-corrected chi connectivity index (χ4v) is 2.22. The summed E-state index contributed by atoms with van der Waals surface area (Å²) < 4.78 is 16.2. The molecule has 1 N–H and O–H groups in total. The lowest BCUT2D eigenvalue weighted by molar-refractivity contribution is -0.138. The Balaban J connectivity index is 2.21. The van der Waals surface area contributed by atoms with E-state index in [9.17, 15) is 4.79 Å². The van der Waals surface area contributed by atoms with E-state index in [0.717, 1.165) is 16.9 Å². The number of methoxy groups -OCH3 is 1. The molecule has 0 saturated carbocycles. The monoisotopic (exact) mass is 342 g/mol. The van der Waals surface area contributed by atoms with Gasteiger partial charge in [-0.2, -0.15) is 0 Å². The molecule has 1 unspecified atom stereocenters. The van der Waals surface area contributed by atoms with Gasteiger partial charge in [0.25, 0.3) is 0 Å². The molecule has 0 saturated heterocycles. The summed E-state index contributed by atoms with van der Waals surface area (Å²) in [6, 6.07) is 15.2. The fraction of sp³-hybridized carbons (Fsp3) is 0.250. The van der Waals surface area contributed by atoms with Crippen LogP contribution >= 0.6 is 0 Å². The summed E-state index contributed by atoms with van der Waals surface area (Å²) in [6.45, 7) is 3.48. The lowest BCUT2D eigenvalue weighted by Crippen LogP contribution is -2.12. The quantitative estimate of drug-likeness (QED) is 0.473. The molecule has 132 valence electrons. The van der Waals surface area contributed by atoms with E-state index in [2.05, 4.69) is 4.74 Å². The van der Waals surface area contributed by atoms with Gasteiger partial charge in [-0.3, -0.25) is 0 Å². The lowest BCUT2D eigenvalue weighted by Gasteiger charge is -2.17. The molecular formula is C20H22O5. The number of carbonyl (C=O) groups is 1. The van der Waals surface area contributed by atoms with Crippen molar-refractivity contribution < 1.29 is 24.1 Å². The number of carbonyl (C=O) groups excluding carboxylic acids is 1. The zero-order valence-electron chi connectivity index (χ0n) is 14.6. The first-order valence-electron chi connectivity index (χ1n) is 7.94. The van der Waals surface area contributed by atoms with E-state index >= 15 is 0 Å². The molecule has 0 bridgehead atoms. The third kappa shape index (κ3) is 5.09. The molecule has 0 heterocycles. The van der Waals surface area contributed by atoms with Gasteiger partial charge < -0.3 is 19.3 Å². The summed E-state index contributed by atoms with van der Waals surface area (Å²) in [6.07, 6.45) is 1.07. The van der Waals surface area contributed by atoms with Crippen molar-refractivity contribution in [1.29, 1.82) is 0 Å². The maximum Gasteiger partial charge on any atom is 0.373 e. The van der Waals surface area contributed by atoms with Gasteiger partial charge in [-0.25, -0.2) is 4.79 Å². The predicted octanol–water partition coefficient (Wildman–Crippen LogP) is 3.56. The number of rotatable bonds is 7. The number of hydrogen-bond donors (Lipinski definition) is 1. The van der Waals surface area contributed by atoms with Crippen molar-refractivity contribution in [3.8, 4) is 11.5 Å². The van der Waals surface area contributed by atoms with E-state index in [1.807, 2.05) is 62.4 Å². The van der Waals surface area contributed by atoms with Gasteiger partial charge in [-0.15, -0.1) is 0 Å². The molecule has 5 nitrogen and oxygen atoms in total. The van der Waals surface area contributed by atoms with Crippen molar-refractivity contribution in [3.05, 3.63) is 71.5 Å². The van der Waals surface area contributed by atoms with Gasteiger partial charge >= 0.3 is 5.97 Å². The van der Waals surface area contributed by atoms with E-state index in [0.29, 0.717) is 5.75 Å². The lowest BCUT2D eigenvalue weighted by atomic mass is 10.1. The number of para-hydroxylation sites is 1. The van der Waals surface area contributed by atoms with Gasteiger partial charge in [0.05, 0.1) is 13.7 Å². The van der Waals surface area contributed by atoms with Crippen molar-refractivity contribution in [2.45, 2.75) is 20.0 Å². The number of benzene rings is 2. The van der Waals surface area contributed by atoms with Gasteiger partial charge in [0.15, 0.2) is 0 Å². The van der Waals surface area contributed by atoms with Gasteiger partial charge in [-0.05, 0) is 49.2 Å². The molecule has 0 aliphatic heterocycles. The second-order valence-corrected chi connectivity index (χ2v) is 5.44. The second kappa shape index (κ2) is 8.89. The van der Waals surface area contributed by atoms with Crippen LogP contribution in [0.3, 0.4) is 0 Å². The Morgan fingerprint density at radius 1 is 1.20 bits per heavy atom. The Morgan fingerprint density at radius 3 is 2.56 bits per heavy atom. The number of aryl methyl sites for hydroxylation is 1. The fourth-order valence-electron chi connectivity index (χ4n) is 2.22. The SMILES string of the molecule is COC(=O)/C(=C/CO)Oc1cc(C(C)Oc2ccccc2)ccc1C. The standard InChI is InChI=1S/C20H22O5/c1-14-9-10-16(15(2)24-17-7-5-4-6-8-17)13-19(14)25-18(11-12-21)20(22)23-3/h4-11,13,15,21H,12H2,1-3H3/b18-11-. The first-order chi connectivity index (χ1) is 12.0. The number of esters is 1. The third-order valence-corrected chi connectivity index (χ3v) is 3.62. The Hall–Kier alpha value is -2.79. The van der Waals surface area contributed by atoms with Gasteiger partial charge in [0.1, 0.15) is 17.6 Å². The van der Waals surface area contributed by atoms with Crippen molar-refractivity contribution in [2.24, 2.45) is 0 Å². The molecular weight excluding hydrogens is 320 g/mol. The minimum Gasteiger partial charge on any atom is -0.486 e. The second-order valence-electron chi connectivity index (χ2n) is 5.44. The average Bonchev–Trinajstić information content (AvgIpc) is 2.63. The van der Waals surface area contributed by atoms with E-state index < -0.39 is 5.97 Å². The molecule has 2 rings (SSSR count). The molecule has 0 aliphatic rings.